The van der Waals surface area contributed by atoms with Gasteiger partial charge in [-0.3, -0.25) is 0 Å². The average molecular weight is 287 g/mol. The van der Waals surface area contributed by atoms with Crippen molar-refractivity contribution >= 4 is 0 Å². The van der Waals surface area contributed by atoms with Crippen molar-refractivity contribution in [3.8, 4) is 5.75 Å². The third kappa shape index (κ3) is 4.60. The zero-order valence-corrected chi connectivity index (χ0v) is 13.2. The lowest BCUT2D eigenvalue weighted by Gasteiger charge is -2.15. The van der Waals surface area contributed by atoms with E-state index in [1.54, 1.807) is 0 Å². The van der Waals surface area contributed by atoms with Gasteiger partial charge in [-0.1, -0.05) is 19.1 Å². The minimum atomic E-state index is 0.325. The summed E-state index contributed by atoms with van der Waals surface area (Å²) in [4.78, 5) is 4.33. The van der Waals surface area contributed by atoms with E-state index in [2.05, 4.69) is 40.8 Å². The van der Waals surface area contributed by atoms with Gasteiger partial charge in [0.1, 0.15) is 11.6 Å². The quantitative estimate of drug-likeness (QED) is 0.811. The van der Waals surface area contributed by atoms with Crippen LogP contribution < -0.4 is 10.1 Å². The summed E-state index contributed by atoms with van der Waals surface area (Å²) < 4.78 is 7.66. The number of rotatable bonds is 8. The van der Waals surface area contributed by atoms with Crippen LogP contribution in [-0.4, -0.2) is 22.7 Å². The van der Waals surface area contributed by atoms with E-state index in [0.29, 0.717) is 6.04 Å². The molecular weight excluding hydrogens is 262 g/mol. The summed E-state index contributed by atoms with van der Waals surface area (Å²) in [6.07, 6.45) is 5.79. The molecule has 0 aliphatic rings. The summed E-state index contributed by atoms with van der Waals surface area (Å²) in [6, 6.07) is 8.67. The van der Waals surface area contributed by atoms with Crippen LogP contribution in [-0.2, 0) is 13.5 Å². The standard InChI is InChI=1S/C17H25N3O/c1-4-13-21-16-7-5-15(6-8-16)14(2)18-10-9-17-19-11-12-20(17)3/h5-8,11-12,14,18H,4,9-10,13H2,1-3H3. The van der Waals surface area contributed by atoms with Gasteiger partial charge >= 0.3 is 0 Å². The van der Waals surface area contributed by atoms with Crippen molar-refractivity contribution in [2.24, 2.45) is 7.05 Å². The van der Waals surface area contributed by atoms with Gasteiger partial charge in [-0.15, -0.1) is 0 Å². The van der Waals surface area contributed by atoms with E-state index in [0.717, 1.165) is 37.6 Å². The SMILES string of the molecule is CCCOc1ccc(C(C)NCCc2nccn2C)cc1. The maximum atomic E-state index is 5.60. The Bertz CT molecular complexity index is 533. The van der Waals surface area contributed by atoms with E-state index in [1.807, 2.05) is 31.6 Å². The maximum absolute atomic E-state index is 5.60. The van der Waals surface area contributed by atoms with Crippen LogP contribution >= 0.6 is 0 Å². The molecule has 0 spiro atoms. The van der Waals surface area contributed by atoms with Crippen LogP contribution in [0.3, 0.4) is 0 Å². The molecule has 0 saturated heterocycles. The van der Waals surface area contributed by atoms with E-state index in [4.69, 9.17) is 4.74 Å². The summed E-state index contributed by atoms with van der Waals surface area (Å²) in [5, 5.41) is 3.53. The Morgan fingerprint density at radius 3 is 2.67 bits per heavy atom. The lowest BCUT2D eigenvalue weighted by Crippen LogP contribution is -2.22. The zero-order chi connectivity index (χ0) is 15.1. The number of hydrogen-bond acceptors (Lipinski definition) is 3. The minimum Gasteiger partial charge on any atom is -0.494 e. The summed E-state index contributed by atoms with van der Waals surface area (Å²) in [5.74, 6) is 2.05. The fourth-order valence-electron chi connectivity index (χ4n) is 2.23. The first-order valence-corrected chi connectivity index (χ1v) is 7.63. The number of aromatic nitrogens is 2. The predicted octanol–water partition coefficient (Wildman–Crippen LogP) is 3.10. The largest absolute Gasteiger partial charge is 0.494 e. The number of aryl methyl sites for hydroxylation is 1. The van der Waals surface area contributed by atoms with Crippen LogP contribution in [0.1, 0.15) is 37.7 Å². The molecule has 4 nitrogen and oxygen atoms in total. The fourth-order valence-corrected chi connectivity index (χ4v) is 2.23. The lowest BCUT2D eigenvalue weighted by molar-refractivity contribution is 0.317. The van der Waals surface area contributed by atoms with Gasteiger partial charge in [-0.05, 0) is 31.0 Å². The van der Waals surface area contributed by atoms with Crippen molar-refractivity contribution in [2.45, 2.75) is 32.7 Å². The summed E-state index contributed by atoms with van der Waals surface area (Å²) in [6.45, 7) is 5.99. The molecule has 1 atom stereocenters. The molecule has 1 aromatic heterocycles. The van der Waals surface area contributed by atoms with Crippen molar-refractivity contribution in [1.82, 2.24) is 14.9 Å². The number of hydrogen-bond donors (Lipinski definition) is 1. The van der Waals surface area contributed by atoms with Crippen LogP contribution in [0.4, 0.5) is 0 Å². The Balaban J connectivity index is 1.80. The molecule has 1 unspecified atom stereocenters. The molecule has 21 heavy (non-hydrogen) atoms. The summed E-state index contributed by atoms with van der Waals surface area (Å²) >= 11 is 0. The molecule has 0 fully saturated rings. The number of imidazole rings is 1. The molecule has 0 saturated carbocycles. The van der Waals surface area contributed by atoms with Crippen molar-refractivity contribution in [3.05, 3.63) is 48.0 Å². The second kappa shape index (κ2) is 7.84. The Hall–Kier alpha value is -1.81. The predicted molar refractivity (Wildman–Crippen MR) is 85.6 cm³/mol. The third-order valence-electron chi connectivity index (χ3n) is 3.57. The molecule has 114 valence electrons. The van der Waals surface area contributed by atoms with E-state index in [-0.39, 0.29) is 0 Å². The first kappa shape index (κ1) is 15.6. The van der Waals surface area contributed by atoms with Crippen LogP contribution in [0, 0.1) is 0 Å². The lowest BCUT2D eigenvalue weighted by atomic mass is 10.1. The van der Waals surface area contributed by atoms with Gasteiger partial charge < -0.3 is 14.6 Å². The van der Waals surface area contributed by atoms with Gasteiger partial charge in [0.2, 0.25) is 0 Å². The molecule has 1 N–H and O–H groups in total. The van der Waals surface area contributed by atoms with E-state index >= 15 is 0 Å². The van der Waals surface area contributed by atoms with Gasteiger partial charge in [0.25, 0.3) is 0 Å². The second-order valence-corrected chi connectivity index (χ2v) is 5.30. The highest BCUT2D eigenvalue weighted by atomic mass is 16.5. The molecule has 0 bridgehead atoms. The highest BCUT2D eigenvalue weighted by Crippen LogP contribution is 2.17. The second-order valence-electron chi connectivity index (χ2n) is 5.30. The number of benzene rings is 1. The van der Waals surface area contributed by atoms with Crippen molar-refractivity contribution < 1.29 is 4.74 Å². The van der Waals surface area contributed by atoms with Crippen LogP contribution in [0.25, 0.3) is 0 Å². The Kier molecular flexibility index (Phi) is 5.81. The molecule has 0 amide bonds. The van der Waals surface area contributed by atoms with Gasteiger partial charge in [-0.2, -0.15) is 0 Å². The highest BCUT2D eigenvalue weighted by molar-refractivity contribution is 5.28. The van der Waals surface area contributed by atoms with Gasteiger partial charge in [0.05, 0.1) is 6.61 Å². The van der Waals surface area contributed by atoms with E-state index in [9.17, 15) is 0 Å². The fraction of sp³-hybridized carbons (Fsp3) is 0.471. The molecule has 0 aliphatic heterocycles. The van der Waals surface area contributed by atoms with Crippen molar-refractivity contribution in [2.75, 3.05) is 13.2 Å². The van der Waals surface area contributed by atoms with Crippen LogP contribution in [0.5, 0.6) is 5.75 Å². The van der Waals surface area contributed by atoms with Crippen molar-refractivity contribution in [1.29, 1.82) is 0 Å². The zero-order valence-electron chi connectivity index (χ0n) is 13.2. The normalized spacial score (nSPS) is 12.3. The number of nitrogens with zero attached hydrogens (tertiary/aromatic N) is 2. The topological polar surface area (TPSA) is 39.1 Å². The Labute approximate surface area is 127 Å². The van der Waals surface area contributed by atoms with E-state index < -0.39 is 0 Å². The highest BCUT2D eigenvalue weighted by Gasteiger charge is 2.06. The number of nitrogens with one attached hydrogen (secondary N) is 1. The van der Waals surface area contributed by atoms with Crippen LogP contribution in [0.15, 0.2) is 36.7 Å². The molecule has 2 aromatic rings. The maximum Gasteiger partial charge on any atom is 0.119 e. The number of ether oxygens (including phenoxy) is 1. The van der Waals surface area contributed by atoms with Gasteiger partial charge in [0.15, 0.2) is 0 Å². The van der Waals surface area contributed by atoms with Crippen molar-refractivity contribution in [3.63, 3.8) is 0 Å². The molecule has 1 aromatic carbocycles. The summed E-state index contributed by atoms with van der Waals surface area (Å²) in [5.41, 5.74) is 1.28. The molecule has 4 heteroatoms. The molecule has 0 radical (unpaired) electrons. The monoisotopic (exact) mass is 287 g/mol. The Morgan fingerprint density at radius 1 is 1.29 bits per heavy atom. The molecular formula is C17H25N3O. The first-order valence-electron chi connectivity index (χ1n) is 7.63. The van der Waals surface area contributed by atoms with E-state index in [1.165, 1.54) is 5.56 Å². The first-order chi connectivity index (χ1) is 10.2. The third-order valence-corrected chi connectivity index (χ3v) is 3.57. The minimum absolute atomic E-state index is 0.325. The summed E-state index contributed by atoms with van der Waals surface area (Å²) in [7, 11) is 2.03. The molecule has 2 rings (SSSR count). The smallest absolute Gasteiger partial charge is 0.119 e. The van der Waals surface area contributed by atoms with Crippen LogP contribution in [0.2, 0.25) is 0 Å². The molecule has 1 heterocycles. The van der Waals surface area contributed by atoms with Gasteiger partial charge in [-0.25, -0.2) is 4.98 Å². The van der Waals surface area contributed by atoms with Gasteiger partial charge in [0, 0.05) is 38.4 Å². The molecule has 0 aliphatic carbocycles. The average Bonchev–Trinajstić information content (AvgIpc) is 2.91. The Morgan fingerprint density at radius 2 is 2.05 bits per heavy atom.